The molecule has 5 nitrogen and oxygen atoms in total. The van der Waals surface area contributed by atoms with Gasteiger partial charge in [-0.15, -0.1) is 0 Å². The molecule has 0 atom stereocenters. The summed E-state index contributed by atoms with van der Waals surface area (Å²) in [7, 11) is 0. The molecule has 1 aromatic rings. The summed E-state index contributed by atoms with van der Waals surface area (Å²) in [6.07, 6.45) is 1.57. The molecule has 0 heterocycles. The van der Waals surface area contributed by atoms with Crippen LogP contribution in [-0.2, 0) is 4.74 Å². The highest BCUT2D eigenvalue weighted by Gasteiger charge is 2.23. The lowest BCUT2D eigenvalue weighted by atomic mass is 10.3. The predicted molar refractivity (Wildman–Crippen MR) is 56.6 cm³/mol. The lowest BCUT2D eigenvalue weighted by Crippen LogP contribution is -2.12. The van der Waals surface area contributed by atoms with E-state index < -0.39 is 6.16 Å². The van der Waals surface area contributed by atoms with Gasteiger partial charge in [0.2, 0.25) is 0 Å². The van der Waals surface area contributed by atoms with E-state index in [1.54, 1.807) is 24.3 Å². The molecule has 0 aliphatic heterocycles. The molecule has 16 heavy (non-hydrogen) atoms. The van der Waals surface area contributed by atoms with Gasteiger partial charge in [-0.3, -0.25) is 10.7 Å². The van der Waals surface area contributed by atoms with Crippen molar-refractivity contribution in [2.75, 3.05) is 12.1 Å². The first kappa shape index (κ1) is 10.8. The van der Waals surface area contributed by atoms with E-state index in [4.69, 9.17) is 14.7 Å². The minimum Gasteiger partial charge on any atom is -0.434 e. The first-order valence-corrected chi connectivity index (χ1v) is 5.12. The van der Waals surface area contributed by atoms with E-state index in [2.05, 4.69) is 0 Å². The van der Waals surface area contributed by atoms with Crippen LogP contribution in [0.2, 0.25) is 0 Å². The summed E-state index contributed by atoms with van der Waals surface area (Å²) in [4.78, 5) is 11.2. The fraction of sp³-hybridized carbons (Fsp3) is 0.364. The molecule has 0 unspecified atom stereocenters. The van der Waals surface area contributed by atoms with Gasteiger partial charge in [0, 0.05) is 0 Å². The maximum absolute atomic E-state index is 11.2. The van der Waals surface area contributed by atoms with Crippen LogP contribution in [0.25, 0.3) is 0 Å². The molecule has 0 saturated heterocycles. The van der Waals surface area contributed by atoms with Gasteiger partial charge in [-0.2, -0.15) is 0 Å². The van der Waals surface area contributed by atoms with E-state index in [9.17, 15) is 4.79 Å². The van der Waals surface area contributed by atoms with Crippen molar-refractivity contribution in [2.24, 2.45) is 5.92 Å². The number of rotatable bonds is 4. The van der Waals surface area contributed by atoms with E-state index in [0.29, 0.717) is 24.0 Å². The Morgan fingerprint density at radius 1 is 1.38 bits per heavy atom. The third kappa shape index (κ3) is 3.13. The summed E-state index contributed by atoms with van der Waals surface area (Å²) in [6, 6.07) is 6.31. The van der Waals surface area contributed by atoms with Gasteiger partial charge in [0.25, 0.3) is 0 Å². The second kappa shape index (κ2) is 4.85. The van der Waals surface area contributed by atoms with Gasteiger partial charge < -0.3 is 9.47 Å². The van der Waals surface area contributed by atoms with Crippen LogP contribution in [0.3, 0.4) is 0 Å². The molecule has 0 bridgehead atoms. The summed E-state index contributed by atoms with van der Waals surface area (Å²) in [5, 5.41) is 8.58. The molecule has 0 radical (unpaired) electrons. The normalized spacial score (nSPS) is 14.3. The Balaban J connectivity index is 1.79. The van der Waals surface area contributed by atoms with Crippen molar-refractivity contribution < 1.29 is 19.5 Å². The molecular weight excluding hydrogens is 210 g/mol. The van der Waals surface area contributed by atoms with Crippen molar-refractivity contribution in [3.8, 4) is 5.75 Å². The molecule has 5 heteroatoms. The largest absolute Gasteiger partial charge is 0.513 e. The van der Waals surface area contributed by atoms with Gasteiger partial charge in [-0.25, -0.2) is 4.79 Å². The third-order valence-corrected chi connectivity index (χ3v) is 2.32. The Labute approximate surface area is 92.9 Å². The van der Waals surface area contributed by atoms with E-state index >= 15 is 0 Å². The summed E-state index contributed by atoms with van der Waals surface area (Å²) in [6.45, 7) is 0.440. The quantitative estimate of drug-likeness (QED) is 0.466. The topological polar surface area (TPSA) is 67.8 Å². The van der Waals surface area contributed by atoms with Gasteiger partial charge >= 0.3 is 6.16 Å². The highest BCUT2D eigenvalue weighted by molar-refractivity contribution is 5.64. The average Bonchev–Trinajstić information content (AvgIpc) is 3.11. The number of hydrogen-bond donors (Lipinski definition) is 2. The van der Waals surface area contributed by atoms with Crippen LogP contribution in [-0.4, -0.2) is 18.0 Å². The molecule has 86 valence electrons. The summed E-state index contributed by atoms with van der Waals surface area (Å²) >= 11 is 0. The SMILES string of the molecule is O=C(OCC1CC1)Oc1ccc(NO)cc1. The predicted octanol–water partition coefficient (Wildman–Crippen LogP) is 2.41. The molecule has 1 aliphatic carbocycles. The van der Waals surface area contributed by atoms with Crippen LogP contribution in [0.1, 0.15) is 12.8 Å². The van der Waals surface area contributed by atoms with Crippen LogP contribution in [0.4, 0.5) is 10.5 Å². The smallest absolute Gasteiger partial charge is 0.434 e. The van der Waals surface area contributed by atoms with Crippen molar-refractivity contribution in [3.63, 3.8) is 0 Å². The van der Waals surface area contributed by atoms with Gasteiger partial charge in [0.05, 0.1) is 12.3 Å². The Kier molecular flexibility index (Phi) is 3.26. The highest BCUT2D eigenvalue weighted by atomic mass is 16.7. The molecule has 2 N–H and O–H groups in total. The van der Waals surface area contributed by atoms with Gasteiger partial charge in [-0.05, 0) is 43.0 Å². The zero-order valence-corrected chi connectivity index (χ0v) is 8.68. The van der Waals surface area contributed by atoms with Crippen LogP contribution >= 0.6 is 0 Å². The van der Waals surface area contributed by atoms with Crippen molar-refractivity contribution in [3.05, 3.63) is 24.3 Å². The van der Waals surface area contributed by atoms with E-state index in [1.165, 1.54) is 0 Å². The van der Waals surface area contributed by atoms with Gasteiger partial charge in [0.15, 0.2) is 0 Å². The summed E-state index contributed by atoms with van der Waals surface area (Å²) in [5.74, 6) is 0.910. The minimum absolute atomic E-state index is 0.389. The fourth-order valence-corrected chi connectivity index (χ4v) is 1.19. The standard InChI is InChI=1S/C11H13NO4/c13-11(15-7-8-1-2-8)16-10-5-3-9(12-14)4-6-10/h3-6,8,12,14H,1-2,7H2. The first-order chi connectivity index (χ1) is 7.78. The van der Waals surface area contributed by atoms with Crippen molar-refractivity contribution in [1.29, 1.82) is 0 Å². The Morgan fingerprint density at radius 3 is 2.62 bits per heavy atom. The zero-order chi connectivity index (χ0) is 11.4. The van der Waals surface area contributed by atoms with Gasteiger partial charge in [0.1, 0.15) is 5.75 Å². The number of nitrogens with one attached hydrogen (secondary N) is 1. The Hall–Kier alpha value is -1.75. The second-order valence-electron chi connectivity index (χ2n) is 3.74. The number of benzene rings is 1. The molecular formula is C11H13NO4. The van der Waals surface area contributed by atoms with Gasteiger partial charge in [-0.1, -0.05) is 0 Å². The summed E-state index contributed by atoms with van der Waals surface area (Å²) in [5.41, 5.74) is 2.51. The fourth-order valence-electron chi connectivity index (χ4n) is 1.19. The monoisotopic (exact) mass is 223 g/mol. The van der Waals surface area contributed by atoms with Crippen molar-refractivity contribution in [1.82, 2.24) is 0 Å². The summed E-state index contributed by atoms with van der Waals surface area (Å²) < 4.78 is 9.82. The average molecular weight is 223 g/mol. The number of carbonyl (C=O) groups is 1. The molecule has 0 amide bonds. The maximum atomic E-state index is 11.2. The molecule has 1 aromatic carbocycles. The molecule has 1 saturated carbocycles. The molecule has 0 spiro atoms. The van der Waals surface area contributed by atoms with Crippen LogP contribution in [0.15, 0.2) is 24.3 Å². The molecule has 1 aliphatic rings. The first-order valence-electron chi connectivity index (χ1n) is 5.12. The van der Waals surface area contributed by atoms with Crippen LogP contribution in [0, 0.1) is 5.92 Å². The van der Waals surface area contributed by atoms with Crippen LogP contribution in [0.5, 0.6) is 5.75 Å². The van der Waals surface area contributed by atoms with Crippen molar-refractivity contribution >= 4 is 11.8 Å². The molecule has 0 aromatic heterocycles. The Bertz CT molecular complexity index is 359. The third-order valence-electron chi connectivity index (χ3n) is 2.32. The lowest BCUT2D eigenvalue weighted by molar-refractivity contribution is 0.0949. The Morgan fingerprint density at radius 2 is 2.06 bits per heavy atom. The number of anilines is 1. The molecule has 1 fully saturated rings. The molecule has 2 rings (SSSR count). The van der Waals surface area contributed by atoms with Crippen molar-refractivity contribution in [2.45, 2.75) is 12.8 Å². The number of ether oxygens (including phenoxy) is 2. The number of hydrogen-bond acceptors (Lipinski definition) is 5. The maximum Gasteiger partial charge on any atom is 0.513 e. The lowest BCUT2D eigenvalue weighted by Gasteiger charge is -2.05. The zero-order valence-electron chi connectivity index (χ0n) is 8.68. The minimum atomic E-state index is -0.684. The number of carbonyl (C=O) groups excluding carboxylic acids is 1. The van der Waals surface area contributed by atoms with E-state index in [1.807, 2.05) is 5.48 Å². The highest BCUT2D eigenvalue weighted by Crippen LogP contribution is 2.29. The van der Waals surface area contributed by atoms with E-state index in [0.717, 1.165) is 12.8 Å². The second-order valence-corrected chi connectivity index (χ2v) is 3.74. The van der Waals surface area contributed by atoms with E-state index in [-0.39, 0.29) is 0 Å². The van der Waals surface area contributed by atoms with Crippen LogP contribution < -0.4 is 10.2 Å².